The van der Waals surface area contributed by atoms with E-state index in [0.29, 0.717) is 34.5 Å². The maximum atomic E-state index is 12.9. The second kappa shape index (κ2) is 8.45. The number of benzene rings is 1. The maximum Gasteiger partial charge on any atom is 0.305 e. The monoisotopic (exact) mass is 394 g/mol. The van der Waals surface area contributed by atoms with E-state index >= 15 is 0 Å². The van der Waals surface area contributed by atoms with Crippen molar-refractivity contribution in [1.29, 1.82) is 0 Å². The molecular weight excluding hydrogens is 375 g/mol. The van der Waals surface area contributed by atoms with E-state index in [4.69, 9.17) is 14.6 Å². The number of nitrogens with zero attached hydrogens (tertiary/aromatic N) is 2. The fourth-order valence-corrected chi connectivity index (χ4v) is 3.75. The summed E-state index contributed by atoms with van der Waals surface area (Å²) < 4.78 is 23.8. The number of aromatic nitrogens is 1. The van der Waals surface area contributed by atoms with Crippen LogP contribution in [0.2, 0.25) is 0 Å². The normalized spacial score (nSPS) is 17.0. The Labute approximate surface area is 159 Å². The van der Waals surface area contributed by atoms with Crippen molar-refractivity contribution in [1.82, 2.24) is 9.88 Å². The van der Waals surface area contributed by atoms with Gasteiger partial charge in [-0.1, -0.05) is 0 Å². The Kier molecular flexibility index (Phi) is 6.02. The predicted molar refractivity (Wildman–Crippen MR) is 95.5 cm³/mol. The van der Waals surface area contributed by atoms with Crippen LogP contribution < -0.4 is 4.74 Å². The molecule has 0 saturated carbocycles. The molecule has 0 radical (unpaired) electrons. The highest BCUT2D eigenvalue weighted by Gasteiger charge is 2.31. The number of morpholine rings is 1. The highest BCUT2D eigenvalue weighted by Crippen LogP contribution is 2.24. The number of hydrogen-bond acceptors (Lipinski definition) is 6. The standard InChI is InChI=1S/C18H19FN2O5S/c1-11-17(18(24)21-6-7-25-9-13(21)8-16(22)23)27-15(20-11)10-26-14-4-2-12(19)3-5-14/h2-5,13H,6-10H2,1H3,(H,22,23). The molecule has 1 saturated heterocycles. The number of carbonyl (C=O) groups excluding carboxylic acids is 1. The first kappa shape index (κ1) is 19.2. The van der Waals surface area contributed by atoms with E-state index in [9.17, 15) is 14.0 Å². The van der Waals surface area contributed by atoms with Crippen molar-refractivity contribution >= 4 is 23.2 Å². The van der Waals surface area contributed by atoms with Gasteiger partial charge in [-0.3, -0.25) is 9.59 Å². The summed E-state index contributed by atoms with van der Waals surface area (Å²) in [4.78, 5) is 30.3. The highest BCUT2D eigenvalue weighted by atomic mass is 32.1. The molecule has 1 aromatic carbocycles. The van der Waals surface area contributed by atoms with Crippen molar-refractivity contribution in [2.24, 2.45) is 0 Å². The number of carboxylic acids is 1. The zero-order valence-electron chi connectivity index (χ0n) is 14.7. The lowest BCUT2D eigenvalue weighted by atomic mass is 10.1. The molecular formula is C18H19FN2O5S. The Morgan fingerprint density at radius 3 is 2.85 bits per heavy atom. The van der Waals surface area contributed by atoms with Gasteiger partial charge in [0.25, 0.3) is 5.91 Å². The summed E-state index contributed by atoms with van der Waals surface area (Å²) >= 11 is 1.21. The molecule has 1 atom stereocenters. The summed E-state index contributed by atoms with van der Waals surface area (Å²) in [6.45, 7) is 2.82. The molecule has 7 nitrogen and oxygen atoms in total. The number of thiazole rings is 1. The van der Waals surface area contributed by atoms with Crippen LogP contribution in [-0.4, -0.2) is 52.7 Å². The minimum Gasteiger partial charge on any atom is -0.486 e. The molecule has 2 heterocycles. The zero-order valence-corrected chi connectivity index (χ0v) is 15.5. The van der Waals surface area contributed by atoms with Gasteiger partial charge in [0.1, 0.15) is 28.1 Å². The molecule has 0 aliphatic carbocycles. The SMILES string of the molecule is Cc1nc(COc2ccc(F)cc2)sc1C(=O)N1CCOCC1CC(=O)O. The Morgan fingerprint density at radius 2 is 2.15 bits per heavy atom. The number of ether oxygens (including phenoxy) is 2. The van der Waals surface area contributed by atoms with Crippen LogP contribution in [0.5, 0.6) is 5.75 Å². The number of rotatable bonds is 6. The molecule has 1 aromatic heterocycles. The summed E-state index contributed by atoms with van der Waals surface area (Å²) in [5.74, 6) is -1.06. The number of carboxylic acid groups (broad SMARTS) is 1. The van der Waals surface area contributed by atoms with Gasteiger partial charge < -0.3 is 19.5 Å². The number of aliphatic carboxylic acids is 1. The summed E-state index contributed by atoms with van der Waals surface area (Å²) in [6.07, 6.45) is -0.163. The van der Waals surface area contributed by atoms with E-state index in [2.05, 4.69) is 4.98 Å². The molecule has 1 aliphatic rings. The first-order valence-corrected chi connectivity index (χ1v) is 9.21. The second-order valence-corrected chi connectivity index (χ2v) is 7.17. The van der Waals surface area contributed by atoms with Gasteiger partial charge in [0.15, 0.2) is 0 Å². The minimum absolute atomic E-state index is 0.159. The third-order valence-electron chi connectivity index (χ3n) is 4.11. The number of hydrogen-bond donors (Lipinski definition) is 1. The molecule has 144 valence electrons. The van der Waals surface area contributed by atoms with E-state index < -0.39 is 12.0 Å². The van der Waals surface area contributed by atoms with Gasteiger partial charge in [0.2, 0.25) is 0 Å². The molecule has 0 spiro atoms. The quantitative estimate of drug-likeness (QED) is 0.810. The molecule has 1 fully saturated rings. The van der Waals surface area contributed by atoms with Crippen LogP contribution in [-0.2, 0) is 16.1 Å². The van der Waals surface area contributed by atoms with Crippen LogP contribution in [0.4, 0.5) is 4.39 Å². The van der Waals surface area contributed by atoms with Gasteiger partial charge in [0.05, 0.1) is 31.4 Å². The third kappa shape index (κ3) is 4.81. The molecule has 9 heteroatoms. The highest BCUT2D eigenvalue weighted by molar-refractivity contribution is 7.13. The van der Waals surface area contributed by atoms with E-state index in [-0.39, 0.29) is 31.4 Å². The van der Waals surface area contributed by atoms with Crippen LogP contribution >= 0.6 is 11.3 Å². The molecule has 1 unspecified atom stereocenters. The number of aryl methyl sites for hydroxylation is 1. The lowest BCUT2D eigenvalue weighted by Crippen LogP contribution is -2.49. The van der Waals surface area contributed by atoms with Gasteiger partial charge in [-0.15, -0.1) is 11.3 Å². The van der Waals surface area contributed by atoms with Crippen molar-refractivity contribution < 1.29 is 28.6 Å². The van der Waals surface area contributed by atoms with Crippen LogP contribution in [0.3, 0.4) is 0 Å². The van der Waals surface area contributed by atoms with Crippen LogP contribution in [0.15, 0.2) is 24.3 Å². The molecule has 1 N–H and O–H groups in total. The molecule has 1 amide bonds. The molecule has 0 bridgehead atoms. The van der Waals surface area contributed by atoms with Crippen molar-refractivity contribution in [2.45, 2.75) is 26.0 Å². The van der Waals surface area contributed by atoms with Crippen LogP contribution in [0.1, 0.15) is 26.8 Å². The van der Waals surface area contributed by atoms with Gasteiger partial charge in [0, 0.05) is 6.54 Å². The Hall–Kier alpha value is -2.52. The van der Waals surface area contributed by atoms with Crippen molar-refractivity contribution in [3.8, 4) is 5.75 Å². The first-order valence-electron chi connectivity index (χ1n) is 8.39. The number of amides is 1. The molecule has 1 aliphatic heterocycles. The summed E-state index contributed by atoms with van der Waals surface area (Å²) in [7, 11) is 0. The van der Waals surface area contributed by atoms with Crippen molar-refractivity contribution in [2.75, 3.05) is 19.8 Å². The average molecular weight is 394 g/mol. The van der Waals surface area contributed by atoms with E-state index in [1.165, 1.54) is 35.6 Å². The molecule has 3 rings (SSSR count). The Bertz CT molecular complexity index is 824. The smallest absolute Gasteiger partial charge is 0.305 e. The summed E-state index contributed by atoms with van der Waals surface area (Å²) in [5.41, 5.74) is 0.572. The molecule has 27 heavy (non-hydrogen) atoms. The van der Waals surface area contributed by atoms with Crippen molar-refractivity contribution in [3.05, 3.63) is 45.7 Å². The first-order chi connectivity index (χ1) is 12.9. The van der Waals surface area contributed by atoms with Gasteiger partial charge >= 0.3 is 5.97 Å². The van der Waals surface area contributed by atoms with E-state index in [0.717, 1.165) is 0 Å². The zero-order chi connectivity index (χ0) is 19.4. The average Bonchev–Trinajstić information content (AvgIpc) is 3.01. The fourth-order valence-electron chi connectivity index (χ4n) is 2.81. The minimum atomic E-state index is -0.974. The Balaban J connectivity index is 1.69. The van der Waals surface area contributed by atoms with Gasteiger partial charge in [-0.05, 0) is 31.2 Å². The third-order valence-corrected chi connectivity index (χ3v) is 5.23. The van der Waals surface area contributed by atoms with Crippen molar-refractivity contribution in [3.63, 3.8) is 0 Å². The Morgan fingerprint density at radius 1 is 1.41 bits per heavy atom. The summed E-state index contributed by atoms with van der Waals surface area (Å²) in [6, 6.07) is 5.15. The maximum absolute atomic E-state index is 12.9. The summed E-state index contributed by atoms with van der Waals surface area (Å²) in [5, 5.41) is 9.66. The molecule has 2 aromatic rings. The van der Waals surface area contributed by atoms with Gasteiger partial charge in [-0.25, -0.2) is 9.37 Å². The number of halogens is 1. The van der Waals surface area contributed by atoms with E-state index in [1.807, 2.05) is 0 Å². The predicted octanol–water partition coefficient (Wildman–Crippen LogP) is 2.49. The fraction of sp³-hybridized carbons (Fsp3) is 0.389. The lowest BCUT2D eigenvalue weighted by Gasteiger charge is -2.34. The lowest BCUT2D eigenvalue weighted by molar-refractivity contribution is -0.139. The number of carbonyl (C=O) groups is 2. The van der Waals surface area contributed by atoms with Crippen LogP contribution in [0.25, 0.3) is 0 Å². The van der Waals surface area contributed by atoms with Crippen LogP contribution in [0, 0.1) is 12.7 Å². The second-order valence-electron chi connectivity index (χ2n) is 6.09. The van der Waals surface area contributed by atoms with Gasteiger partial charge in [-0.2, -0.15) is 0 Å². The topological polar surface area (TPSA) is 89.0 Å². The largest absolute Gasteiger partial charge is 0.486 e. The van der Waals surface area contributed by atoms with E-state index in [1.54, 1.807) is 11.8 Å².